The van der Waals surface area contributed by atoms with Crippen LogP contribution in [0.25, 0.3) is 0 Å². The molecule has 8 heteroatoms. The third-order valence-corrected chi connectivity index (χ3v) is 6.12. The van der Waals surface area contributed by atoms with Crippen molar-refractivity contribution >= 4 is 46.7 Å². The topological polar surface area (TPSA) is 102 Å². The minimum atomic E-state index is -1.54. The van der Waals surface area contributed by atoms with E-state index in [0.29, 0.717) is 16.3 Å². The van der Waals surface area contributed by atoms with Gasteiger partial charge in [0.2, 0.25) is 11.8 Å². The monoisotopic (exact) mass is 412 g/mol. The molecule has 2 N–H and O–H groups in total. The predicted octanol–water partition coefficient (Wildman–Crippen LogP) is 2.71. The number of para-hydroxylation sites is 1. The van der Waals surface area contributed by atoms with Gasteiger partial charge in [-0.2, -0.15) is 0 Å². The van der Waals surface area contributed by atoms with Gasteiger partial charge in [-0.05, 0) is 43.2 Å². The largest absolute Gasteiger partial charge is 0.463 e. The van der Waals surface area contributed by atoms with Crippen LogP contribution in [0.1, 0.15) is 11.1 Å². The molecule has 2 amide bonds. The highest BCUT2D eigenvalue weighted by molar-refractivity contribution is 8.01. The molecular formula is C21H20N2O5S. The van der Waals surface area contributed by atoms with Gasteiger partial charge in [0.1, 0.15) is 11.2 Å². The number of anilines is 2. The highest BCUT2D eigenvalue weighted by Crippen LogP contribution is 2.39. The van der Waals surface area contributed by atoms with Crippen LogP contribution in [0, 0.1) is 19.8 Å². The summed E-state index contributed by atoms with van der Waals surface area (Å²) in [6.07, 6.45) is 0. The van der Waals surface area contributed by atoms with E-state index in [9.17, 15) is 19.2 Å². The summed E-state index contributed by atoms with van der Waals surface area (Å²) in [7, 11) is 1.06. The molecule has 0 saturated heterocycles. The zero-order valence-corrected chi connectivity index (χ0v) is 17.0. The minimum absolute atomic E-state index is 0.513. The first-order valence-corrected chi connectivity index (χ1v) is 9.77. The molecule has 0 fully saturated rings. The van der Waals surface area contributed by atoms with Crippen molar-refractivity contribution in [2.24, 2.45) is 5.92 Å². The summed E-state index contributed by atoms with van der Waals surface area (Å²) in [5.41, 5.74) is 2.89. The molecule has 29 heavy (non-hydrogen) atoms. The lowest BCUT2D eigenvalue weighted by molar-refractivity contribution is -0.155. The number of ketones is 1. The van der Waals surface area contributed by atoms with Crippen LogP contribution >= 0.6 is 11.8 Å². The van der Waals surface area contributed by atoms with Gasteiger partial charge in [-0.15, -0.1) is 11.8 Å². The number of esters is 1. The predicted molar refractivity (Wildman–Crippen MR) is 110 cm³/mol. The number of fused-ring (bicyclic) bond motifs is 1. The second-order valence-electron chi connectivity index (χ2n) is 6.59. The first-order chi connectivity index (χ1) is 13.8. The maximum absolute atomic E-state index is 13.1. The molecule has 1 aliphatic rings. The van der Waals surface area contributed by atoms with Crippen molar-refractivity contribution in [3.63, 3.8) is 0 Å². The van der Waals surface area contributed by atoms with Gasteiger partial charge in [0.25, 0.3) is 5.78 Å². The van der Waals surface area contributed by atoms with Crippen molar-refractivity contribution in [2.75, 3.05) is 17.7 Å². The van der Waals surface area contributed by atoms with Crippen molar-refractivity contribution in [3.8, 4) is 0 Å². The van der Waals surface area contributed by atoms with E-state index < -0.39 is 34.7 Å². The first kappa shape index (κ1) is 20.6. The van der Waals surface area contributed by atoms with Crippen molar-refractivity contribution in [1.29, 1.82) is 0 Å². The van der Waals surface area contributed by atoms with Crippen molar-refractivity contribution in [1.82, 2.24) is 0 Å². The van der Waals surface area contributed by atoms with Gasteiger partial charge < -0.3 is 15.4 Å². The molecular weight excluding hydrogens is 392 g/mol. The zero-order valence-electron chi connectivity index (χ0n) is 16.1. The number of aryl methyl sites for hydroxylation is 1. The number of nitrogens with one attached hydrogen (secondary N) is 2. The molecule has 3 rings (SSSR count). The molecule has 7 nitrogen and oxygen atoms in total. The summed E-state index contributed by atoms with van der Waals surface area (Å²) in [5, 5.41) is 4.28. The summed E-state index contributed by atoms with van der Waals surface area (Å²) in [5.74, 6) is -5.03. The number of benzene rings is 2. The number of rotatable bonds is 5. The lowest BCUT2D eigenvalue weighted by Crippen LogP contribution is -2.47. The number of ether oxygens (including phenoxy) is 1. The fraction of sp³-hybridized carbons (Fsp3) is 0.238. The smallest absolute Gasteiger partial charge is 0.375 e. The maximum atomic E-state index is 13.1. The normalized spacial score (nSPS) is 16.2. The molecule has 150 valence electrons. The number of amides is 2. The number of Topliss-reactive ketones (excluding diaryl/α,β-unsaturated/α-hetero) is 1. The van der Waals surface area contributed by atoms with Crippen molar-refractivity contribution < 1.29 is 23.9 Å². The van der Waals surface area contributed by atoms with Crippen molar-refractivity contribution in [3.05, 3.63) is 53.6 Å². The molecule has 2 aromatic rings. The molecule has 1 aliphatic heterocycles. The highest BCUT2D eigenvalue weighted by atomic mass is 32.2. The van der Waals surface area contributed by atoms with Gasteiger partial charge in [0.05, 0.1) is 12.8 Å². The molecule has 0 bridgehead atoms. The Balaban J connectivity index is 1.96. The summed E-state index contributed by atoms with van der Waals surface area (Å²) >= 11 is 1.07. The Bertz CT molecular complexity index is 1000. The van der Waals surface area contributed by atoms with Gasteiger partial charge in [-0.1, -0.05) is 24.3 Å². The van der Waals surface area contributed by atoms with E-state index in [4.69, 9.17) is 0 Å². The molecule has 1 heterocycles. The third-order valence-electron chi connectivity index (χ3n) is 4.77. The summed E-state index contributed by atoms with van der Waals surface area (Å²) in [6, 6.07) is 12.4. The van der Waals surface area contributed by atoms with E-state index in [-0.39, 0.29) is 0 Å². The lowest BCUT2D eigenvalue weighted by atomic mass is 9.96. The quantitative estimate of drug-likeness (QED) is 0.445. The molecule has 0 aromatic heterocycles. The van der Waals surface area contributed by atoms with Crippen LogP contribution in [0.4, 0.5) is 11.4 Å². The van der Waals surface area contributed by atoms with E-state index in [1.165, 1.54) is 0 Å². The summed E-state index contributed by atoms with van der Waals surface area (Å²) in [4.78, 5) is 51.1. The molecule has 0 radical (unpaired) electrons. The highest BCUT2D eigenvalue weighted by Gasteiger charge is 2.45. The average molecular weight is 412 g/mol. The number of methoxy groups -OCH3 is 1. The van der Waals surface area contributed by atoms with Gasteiger partial charge in [0.15, 0.2) is 0 Å². The standard InChI is InChI=1S/C21H20N2O5S/c1-11-7-6-9-13(12(11)2)22-19(25)16(17(24)21(27)28-3)18-20(26)23-14-8-4-5-10-15(14)29-18/h4-10,16,18H,1-3H3,(H,22,25)(H,23,26)/t16-,18+/m1/s1. The Morgan fingerprint density at radius 2 is 1.83 bits per heavy atom. The molecule has 0 saturated carbocycles. The first-order valence-electron chi connectivity index (χ1n) is 8.89. The average Bonchev–Trinajstić information content (AvgIpc) is 2.71. The third kappa shape index (κ3) is 4.17. The number of carbonyl (C=O) groups excluding carboxylic acids is 4. The van der Waals surface area contributed by atoms with Crippen LogP contribution in [0.2, 0.25) is 0 Å². The Hall–Kier alpha value is -3.13. The van der Waals surface area contributed by atoms with E-state index in [1.807, 2.05) is 19.9 Å². The molecule has 2 aromatic carbocycles. The number of hydrogen-bond acceptors (Lipinski definition) is 6. The number of hydrogen-bond donors (Lipinski definition) is 2. The second kappa shape index (κ2) is 8.48. The van der Waals surface area contributed by atoms with Gasteiger partial charge in [-0.25, -0.2) is 4.79 Å². The Labute approximate surface area is 172 Å². The van der Waals surface area contributed by atoms with E-state index in [0.717, 1.165) is 30.0 Å². The van der Waals surface area contributed by atoms with Gasteiger partial charge >= 0.3 is 5.97 Å². The second-order valence-corrected chi connectivity index (χ2v) is 7.78. The van der Waals surface area contributed by atoms with Gasteiger partial charge in [-0.3, -0.25) is 14.4 Å². The van der Waals surface area contributed by atoms with Gasteiger partial charge in [0, 0.05) is 10.6 Å². The SMILES string of the molecule is COC(=O)C(=O)[C@@H](C(=O)Nc1cccc(C)c1C)[C@@H]1Sc2ccccc2NC1=O. The van der Waals surface area contributed by atoms with Crippen LogP contribution in [0.5, 0.6) is 0 Å². The fourth-order valence-electron chi connectivity index (χ4n) is 3.00. The van der Waals surface area contributed by atoms with Crippen LogP contribution < -0.4 is 10.6 Å². The van der Waals surface area contributed by atoms with Crippen LogP contribution in [0.15, 0.2) is 47.4 Å². The molecule has 0 unspecified atom stereocenters. The minimum Gasteiger partial charge on any atom is -0.463 e. The van der Waals surface area contributed by atoms with E-state index in [2.05, 4.69) is 15.4 Å². The van der Waals surface area contributed by atoms with Crippen molar-refractivity contribution in [2.45, 2.75) is 24.0 Å². The maximum Gasteiger partial charge on any atom is 0.375 e. The summed E-state index contributed by atoms with van der Waals surface area (Å²) in [6.45, 7) is 3.73. The van der Waals surface area contributed by atoms with Crippen LogP contribution in [-0.4, -0.2) is 35.9 Å². The number of carbonyl (C=O) groups is 4. The number of thioether (sulfide) groups is 1. The Morgan fingerprint density at radius 1 is 1.10 bits per heavy atom. The van der Waals surface area contributed by atoms with Crippen LogP contribution in [-0.2, 0) is 23.9 Å². The van der Waals surface area contributed by atoms with Crippen LogP contribution in [0.3, 0.4) is 0 Å². The van der Waals surface area contributed by atoms with E-state index in [1.54, 1.807) is 36.4 Å². The van der Waals surface area contributed by atoms with E-state index >= 15 is 0 Å². The molecule has 0 spiro atoms. The Morgan fingerprint density at radius 3 is 2.55 bits per heavy atom. The Kier molecular flexibility index (Phi) is 6.03. The molecule has 2 atom stereocenters. The lowest BCUT2D eigenvalue weighted by Gasteiger charge is -2.28. The summed E-state index contributed by atoms with van der Waals surface area (Å²) < 4.78 is 4.52. The zero-order chi connectivity index (χ0) is 21.1. The fourth-order valence-corrected chi connectivity index (χ4v) is 4.23. The molecule has 0 aliphatic carbocycles.